The van der Waals surface area contributed by atoms with Gasteiger partial charge >= 0.3 is 0 Å². The van der Waals surface area contributed by atoms with Crippen molar-refractivity contribution in [2.24, 2.45) is 5.92 Å². The van der Waals surface area contributed by atoms with Crippen molar-refractivity contribution in [1.82, 2.24) is 10.2 Å². The fourth-order valence-electron chi connectivity index (χ4n) is 3.76. The molecule has 1 amide bonds. The van der Waals surface area contributed by atoms with Crippen molar-refractivity contribution < 1.29 is 4.79 Å². The van der Waals surface area contributed by atoms with Gasteiger partial charge in [0.25, 0.3) is 0 Å². The molecule has 4 rings (SSSR count). The molecule has 2 aromatic rings. The van der Waals surface area contributed by atoms with E-state index in [2.05, 4.69) is 64.8 Å². The average Bonchev–Trinajstić information content (AvgIpc) is 3.05. The molecular weight excluding hydrogens is 272 g/mol. The Hall–Kier alpha value is -2.13. The number of benzene rings is 2. The normalized spacial score (nSPS) is 24.3. The van der Waals surface area contributed by atoms with Gasteiger partial charge in [0.05, 0.1) is 0 Å². The van der Waals surface area contributed by atoms with E-state index in [4.69, 9.17) is 0 Å². The minimum atomic E-state index is 0.222. The summed E-state index contributed by atoms with van der Waals surface area (Å²) in [4.78, 5) is 13.9. The zero-order chi connectivity index (χ0) is 14.9. The number of amides is 1. The molecule has 112 valence electrons. The molecule has 0 aromatic heterocycles. The summed E-state index contributed by atoms with van der Waals surface area (Å²) in [6, 6.07) is 19.5. The minimum Gasteiger partial charge on any atom is -0.352 e. The smallest absolute Gasteiger partial charge is 0.220 e. The highest BCUT2D eigenvalue weighted by Crippen LogP contribution is 2.29. The Balaban J connectivity index is 1.54. The highest BCUT2D eigenvalue weighted by atomic mass is 16.2. The van der Waals surface area contributed by atoms with E-state index in [1.807, 2.05) is 0 Å². The second kappa shape index (κ2) is 5.58. The quantitative estimate of drug-likeness (QED) is 0.943. The number of carbonyl (C=O) groups excluding carboxylic acids is 1. The molecule has 0 aliphatic carbocycles. The zero-order valence-corrected chi connectivity index (χ0v) is 12.5. The third-order valence-corrected chi connectivity index (χ3v) is 4.81. The number of hydrogen-bond acceptors (Lipinski definition) is 2. The topological polar surface area (TPSA) is 32.3 Å². The Morgan fingerprint density at radius 1 is 1.00 bits per heavy atom. The first kappa shape index (κ1) is 13.5. The van der Waals surface area contributed by atoms with E-state index in [-0.39, 0.29) is 5.91 Å². The van der Waals surface area contributed by atoms with Crippen LogP contribution < -0.4 is 5.32 Å². The maximum Gasteiger partial charge on any atom is 0.220 e. The van der Waals surface area contributed by atoms with Crippen LogP contribution in [0.1, 0.15) is 12.0 Å². The van der Waals surface area contributed by atoms with Gasteiger partial charge in [0, 0.05) is 38.0 Å². The van der Waals surface area contributed by atoms with Crippen LogP contribution in [0.2, 0.25) is 0 Å². The van der Waals surface area contributed by atoms with Crippen molar-refractivity contribution in [2.45, 2.75) is 19.0 Å². The number of hydrogen-bond donors (Lipinski definition) is 1. The lowest BCUT2D eigenvalue weighted by Crippen LogP contribution is -2.32. The predicted molar refractivity (Wildman–Crippen MR) is 87.2 cm³/mol. The molecule has 0 bridgehead atoms. The van der Waals surface area contributed by atoms with E-state index in [1.54, 1.807) is 0 Å². The van der Waals surface area contributed by atoms with Gasteiger partial charge in [-0.25, -0.2) is 0 Å². The predicted octanol–water partition coefficient (Wildman–Crippen LogP) is 2.67. The van der Waals surface area contributed by atoms with E-state index < -0.39 is 0 Å². The van der Waals surface area contributed by atoms with E-state index in [9.17, 15) is 4.79 Å². The second-order valence-electron chi connectivity index (χ2n) is 6.36. The first-order chi connectivity index (χ1) is 10.8. The summed E-state index contributed by atoms with van der Waals surface area (Å²) in [5.41, 5.74) is 3.94. The molecule has 3 nitrogen and oxygen atoms in total. The average molecular weight is 292 g/mol. The van der Waals surface area contributed by atoms with Gasteiger partial charge in [-0.2, -0.15) is 0 Å². The van der Waals surface area contributed by atoms with E-state index in [0.29, 0.717) is 18.4 Å². The number of nitrogens with zero attached hydrogens (tertiary/aromatic N) is 1. The standard InChI is InChI=1S/C19H20N2O/c22-19-10-16-12-21(13-18(16)20-19)11-15-8-4-5-9-17(15)14-6-2-1-3-7-14/h1-9,16,18H,10-13H2,(H,20,22)/t16-,18+/m0/s1. The van der Waals surface area contributed by atoms with Crippen LogP contribution in [-0.4, -0.2) is 29.9 Å². The molecule has 2 saturated heterocycles. The van der Waals surface area contributed by atoms with Gasteiger partial charge in [0.15, 0.2) is 0 Å². The van der Waals surface area contributed by atoms with Gasteiger partial charge in [-0.3, -0.25) is 9.69 Å². The maximum atomic E-state index is 11.4. The molecule has 2 aliphatic rings. The van der Waals surface area contributed by atoms with Crippen molar-refractivity contribution in [2.75, 3.05) is 13.1 Å². The molecule has 0 unspecified atom stereocenters. The van der Waals surface area contributed by atoms with Crippen molar-refractivity contribution in [3.63, 3.8) is 0 Å². The highest BCUT2D eigenvalue weighted by Gasteiger charge is 2.39. The number of rotatable bonds is 3. The summed E-state index contributed by atoms with van der Waals surface area (Å²) < 4.78 is 0. The van der Waals surface area contributed by atoms with Crippen LogP contribution >= 0.6 is 0 Å². The van der Waals surface area contributed by atoms with Crippen LogP contribution in [0.25, 0.3) is 11.1 Å². The van der Waals surface area contributed by atoms with Gasteiger partial charge in [-0.05, 0) is 16.7 Å². The third-order valence-electron chi connectivity index (χ3n) is 4.81. The highest BCUT2D eigenvalue weighted by molar-refractivity contribution is 5.79. The van der Waals surface area contributed by atoms with Crippen molar-refractivity contribution in [3.05, 3.63) is 60.2 Å². The van der Waals surface area contributed by atoms with Crippen LogP contribution in [-0.2, 0) is 11.3 Å². The Labute approximate surface area is 131 Å². The van der Waals surface area contributed by atoms with E-state index in [1.165, 1.54) is 16.7 Å². The van der Waals surface area contributed by atoms with Crippen LogP contribution in [0.5, 0.6) is 0 Å². The van der Waals surface area contributed by atoms with Gasteiger partial charge in [-0.15, -0.1) is 0 Å². The van der Waals surface area contributed by atoms with Crippen molar-refractivity contribution >= 4 is 5.91 Å². The maximum absolute atomic E-state index is 11.4. The van der Waals surface area contributed by atoms with Crippen LogP contribution in [0, 0.1) is 5.92 Å². The number of likely N-dealkylation sites (tertiary alicyclic amines) is 1. The SMILES string of the molecule is O=C1C[C@H]2CN(Cc3ccccc3-c3ccccc3)C[C@H]2N1. The largest absolute Gasteiger partial charge is 0.352 e. The lowest BCUT2D eigenvalue weighted by molar-refractivity contribution is -0.119. The minimum absolute atomic E-state index is 0.222. The second-order valence-corrected chi connectivity index (χ2v) is 6.36. The molecule has 3 heteroatoms. The molecule has 2 aromatic carbocycles. The molecule has 1 N–H and O–H groups in total. The molecule has 2 heterocycles. The molecule has 2 fully saturated rings. The molecule has 0 spiro atoms. The first-order valence-electron chi connectivity index (χ1n) is 7.94. The Kier molecular flexibility index (Phi) is 3.43. The van der Waals surface area contributed by atoms with E-state index in [0.717, 1.165) is 19.6 Å². The molecular formula is C19H20N2O. The number of nitrogens with one attached hydrogen (secondary N) is 1. The van der Waals surface area contributed by atoms with E-state index >= 15 is 0 Å². The summed E-state index contributed by atoms with van der Waals surface area (Å²) in [6.45, 7) is 2.94. The number of fused-ring (bicyclic) bond motifs is 1. The fourth-order valence-corrected chi connectivity index (χ4v) is 3.76. The summed E-state index contributed by atoms with van der Waals surface area (Å²) in [7, 11) is 0. The summed E-state index contributed by atoms with van der Waals surface area (Å²) in [5.74, 6) is 0.718. The molecule has 0 saturated carbocycles. The lowest BCUT2D eigenvalue weighted by Gasteiger charge is -2.19. The monoisotopic (exact) mass is 292 g/mol. The summed E-state index contributed by atoms with van der Waals surface area (Å²) in [5, 5.41) is 3.10. The first-order valence-corrected chi connectivity index (χ1v) is 7.94. The van der Waals surface area contributed by atoms with Crippen LogP contribution in [0.3, 0.4) is 0 Å². The van der Waals surface area contributed by atoms with Crippen molar-refractivity contribution in [1.29, 1.82) is 0 Å². The van der Waals surface area contributed by atoms with Gasteiger partial charge < -0.3 is 5.32 Å². The van der Waals surface area contributed by atoms with Crippen LogP contribution in [0.4, 0.5) is 0 Å². The molecule has 2 atom stereocenters. The fraction of sp³-hybridized carbons (Fsp3) is 0.316. The lowest BCUT2D eigenvalue weighted by atomic mass is 9.99. The molecule has 2 aliphatic heterocycles. The molecule has 0 radical (unpaired) electrons. The summed E-state index contributed by atoms with van der Waals surface area (Å²) in [6.07, 6.45) is 0.696. The Morgan fingerprint density at radius 2 is 1.77 bits per heavy atom. The van der Waals surface area contributed by atoms with Gasteiger partial charge in [0.2, 0.25) is 5.91 Å². The number of carbonyl (C=O) groups is 1. The Morgan fingerprint density at radius 3 is 2.59 bits per heavy atom. The van der Waals surface area contributed by atoms with Crippen molar-refractivity contribution in [3.8, 4) is 11.1 Å². The van der Waals surface area contributed by atoms with Crippen LogP contribution in [0.15, 0.2) is 54.6 Å². The third kappa shape index (κ3) is 2.53. The van der Waals surface area contributed by atoms with Gasteiger partial charge in [-0.1, -0.05) is 54.6 Å². The summed E-state index contributed by atoms with van der Waals surface area (Å²) >= 11 is 0. The van der Waals surface area contributed by atoms with Gasteiger partial charge in [0.1, 0.15) is 0 Å². The Bertz CT molecular complexity index is 667. The molecule has 22 heavy (non-hydrogen) atoms. The zero-order valence-electron chi connectivity index (χ0n) is 12.5.